The van der Waals surface area contributed by atoms with E-state index in [2.05, 4.69) is 10.9 Å². The largest absolute Gasteiger partial charge is 0.457 e. The first-order chi connectivity index (χ1) is 14.2. The third-order valence-electron chi connectivity index (χ3n) is 4.19. The zero-order valence-electron chi connectivity index (χ0n) is 15.2. The average Bonchev–Trinajstić information content (AvgIpc) is 3.08. The minimum absolute atomic E-state index is 0.106. The Balaban J connectivity index is 1.79. The number of aromatic nitrogens is 1. The SMILES string of the molecule is C#CCn1c(=NC(=O)c2ccccc2Oc2ccccc2)sc2cccc(F)c21. The molecule has 1 aromatic heterocycles. The van der Waals surface area contributed by atoms with Crippen molar-refractivity contribution in [3.05, 3.63) is 89.0 Å². The maximum absolute atomic E-state index is 14.3. The van der Waals surface area contributed by atoms with E-state index in [4.69, 9.17) is 11.2 Å². The maximum Gasteiger partial charge on any atom is 0.283 e. The summed E-state index contributed by atoms with van der Waals surface area (Å²) in [5.74, 6) is 2.60. The number of ether oxygens (including phenoxy) is 1. The Labute approximate surface area is 170 Å². The number of para-hydroxylation sites is 3. The number of thiazole rings is 1. The molecule has 4 nitrogen and oxygen atoms in total. The van der Waals surface area contributed by atoms with E-state index in [0.29, 0.717) is 32.1 Å². The molecule has 6 heteroatoms. The Morgan fingerprint density at radius 3 is 2.62 bits per heavy atom. The number of hydrogen-bond acceptors (Lipinski definition) is 3. The van der Waals surface area contributed by atoms with Gasteiger partial charge in [0.05, 0.1) is 22.3 Å². The number of terminal acetylenes is 1. The summed E-state index contributed by atoms with van der Waals surface area (Å²) in [6.07, 6.45) is 5.45. The average molecular weight is 402 g/mol. The van der Waals surface area contributed by atoms with Crippen LogP contribution in [0.4, 0.5) is 4.39 Å². The highest BCUT2D eigenvalue weighted by molar-refractivity contribution is 7.16. The third kappa shape index (κ3) is 3.82. The normalized spacial score (nSPS) is 11.4. The molecule has 29 heavy (non-hydrogen) atoms. The van der Waals surface area contributed by atoms with Gasteiger partial charge in [-0.3, -0.25) is 4.79 Å². The first kappa shape index (κ1) is 18.7. The Kier molecular flexibility index (Phi) is 5.23. The number of carbonyl (C=O) groups is 1. The summed E-state index contributed by atoms with van der Waals surface area (Å²) in [6, 6.07) is 20.8. The van der Waals surface area contributed by atoms with Crippen molar-refractivity contribution in [3.63, 3.8) is 0 Å². The van der Waals surface area contributed by atoms with Gasteiger partial charge in [0.15, 0.2) is 4.80 Å². The van der Waals surface area contributed by atoms with Gasteiger partial charge in [0.2, 0.25) is 0 Å². The molecule has 3 aromatic carbocycles. The molecule has 1 amide bonds. The topological polar surface area (TPSA) is 43.6 Å². The number of benzene rings is 3. The van der Waals surface area contributed by atoms with Crippen LogP contribution in [0.3, 0.4) is 0 Å². The molecule has 0 spiro atoms. The summed E-state index contributed by atoms with van der Waals surface area (Å²) in [5.41, 5.74) is 0.650. The molecule has 1 heterocycles. The lowest BCUT2D eigenvalue weighted by Crippen LogP contribution is -2.17. The van der Waals surface area contributed by atoms with Crippen LogP contribution in [0.1, 0.15) is 10.4 Å². The zero-order chi connectivity index (χ0) is 20.2. The molecule has 0 saturated carbocycles. The quantitative estimate of drug-likeness (QED) is 0.451. The number of halogens is 1. The molecule has 142 valence electrons. The summed E-state index contributed by atoms with van der Waals surface area (Å²) in [5, 5.41) is 0. The van der Waals surface area contributed by atoms with Crippen LogP contribution in [0.25, 0.3) is 10.2 Å². The zero-order valence-corrected chi connectivity index (χ0v) is 16.0. The molecule has 0 N–H and O–H groups in total. The molecule has 0 fully saturated rings. The first-order valence-electron chi connectivity index (χ1n) is 8.79. The van der Waals surface area contributed by atoms with Gasteiger partial charge in [-0.15, -0.1) is 6.42 Å². The van der Waals surface area contributed by atoms with E-state index in [-0.39, 0.29) is 6.54 Å². The fraction of sp³-hybridized carbons (Fsp3) is 0.0435. The van der Waals surface area contributed by atoms with Gasteiger partial charge in [0.25, 0.3) is 5.91 Å². The maximum atomic E-state index is 14.3. The van der Waals surface area contributed by atoms with E-state index in [1.54, 1.807) is 48.5 Å². The molecule has 4 aromatic rings. The standard InChI is InChI=1S/C23H15FN2O2S/c1-2-15-26-21-18(24)12-8-14-20(21)29-23(26)25-22(27)17-11-6-7-13-19(17)28-16-9-4-3-5-10-16/h1,3-14H,15H2. The monoisotopic (exact) mass is 402 g/mol. The van der Waals surface area contributed by atoms with Gasteiger partial charge in [-0.05, 0) is 36.4 Å². The van der Waals surface area contributed by atoms with Crippen molar-refractivity contribution >= 4 is 27.5 Å². The van der Waals surface area contributed by atoms with Crippen molar-refractivity contribution in [2.45, 2.75) is 6.54 Å². The molecule has 0 atom stereocenters. The second kappa shape index (κ2) is 8.13. The van der Waals surface area contributed by atoms with Gasteiger partial charge in [0.1, 0.15) is 17.3 Å². The third-order valence-corrected chi connectivity index (χ3v) is 5.23. The van der Waals surface area contributed by atoms with Gasteiger partial charge < -0.3 is 9.30 Å². The van der Waals surface area contributed by atoms with Crippen molar-refractivity contribution in [2.75, 3.05) is 0 Å². The molecular formula is C23H15FN2O2S. The van der Waals surface area contributed by atoms with Crippen LogP contribution in [0.5, 0.6) is 11.5 Å². The summed E-state index contributed by atoms with van der Waals surface area (Å²) < 4.78 is 22.4. The van der Waals surface area contributed by atoms with Crippen LogP contribution in [-0.4, -0.2) is 10.5 Å². The fourth-order valence-electron chi connectivity index (χ4n) is 2.91. The fourth-order valence-corrected chi connectivity index (χ4v) is 3.95. The van der Waals surface area contributed by atoms with Crippen molar-refractivity contribution < 1.29 is 13.9 Å². The van der Waals surface area contributed by atoms with Gasteiger partial charge in [-0.2, -0.15) is 4.99 Å². The smallest absolute Gasteiger partial charge is 0.283 e. The van der Waals surface area contributed by atoms with Crippen molar-refractivity contribution in [1.82, 2.24) is 4.57 Å². The predicted molar refractivity (Wildman–Crippen MR) is 111 cm³/mol. The van der Waals surface area contributed by atoms with Crippen LogP contribution in [0, 0.1) is 18.2 Å². The number of hydrogen-bond donors (Lipinski definition) is 0. The molecule has 0 bridgehead atoms. The Bertz CT molecular complexity index is 1300. The van der Waals surface area contributed by atoms with E-state index < -0.39 is 11.7 Å². The molecule has 0 saturated heterocycles. The van der Waals surface area contributed by atoms with Crippen LogP contribution in [0.15, 0.2) is 77.8 Å². The van der Waals surface area contributed by atoms with E-state index in [0.717, 1.165) is 0 Å². The van der Waals surface area contributed by atoms with E-state index in [1.807, 2.05) is 18.2 Å². The summed E-state index contributed by atoms with van der Waals surface area (Å²) in [7, 11) is 0. The second-order valence-corrected chi connectivity index (χ2v) is 7.10. The molecule has 4 rings (SSSR count). The molecule has 0 unspecified atom stereocenters. The van der Waals surface area contributed by atoms with Crippen molar-refractivity contribution in [2.24, 2.45) is 4.99 Å². The van der Waals surface area contributed by atoms with Crippen molar-refractivity contribution in [3.8, 4) is 23.8 Å². The van der Waals surface area contributed by atoms with Crippen LogP contribution < -0.4 is 9.54 Å². The van der Waals surface area contributed by atoms with E-state index in [9.17, 15) is 9.18 Å². The Hall–Kier alpha value is -3.69. The molecule has 0 radical (unpaired) electrons. The minimum atomic E-state index is -0.491. The van der Waals surface area contributed by atoms with Gasteiger partial charge in [-0.1, -0.05) is 53.7 Å². The lowest BCUT2D eigenvalue weighted by molar-refractivity contribution is 0.0995. The highest BCUT2D eigenvalue weighted by Gasteiger charge is 2.15. The highest BCUT2D eigenvalue weighted by Crippen LogP contribution is 2.26. The van der Waals surface area contributed by atoms with E-state index in [1.165, 1.54) is 22.0 Å². The van der Waals surface area contributed by atoms with Gasteiger partial charge in [0, 0.05) is 0 Å². The van der Waals surface area contributed by atoms with E-state index >= 15 is 0 Å². The number of nitrogens with zero attached hydrogens (tertiary/aromatic N) is 2. The first-order valence-corrected chi connectivity index (χ1v) is 9.61. The summed E-state index contributed by atoms with van der Waals surface area (Å²) in [4.78, 5) is 17.5. The second-order valence-electron chi connectivity index (χ2n) is 6.09. The number of carbonyl (C=O) groups excluding carboxylic acids is 1. The number of amides is 1. The van der Waals surface area contributed by atoms with Crippen molar-refractivity contribution in [1.29, 1.82) is 0 Å². The lowest BCUT2D eigenvalue weighted by atomic mass is 10.2. The van der Waals surface area contributed by atoms with Crippen LogP contribution in [0.2, 0.25) is 0 Å². The Morgan fingerprint density at radius 1 is 1.07 bits per heavy atom. The number of fused-ring (bicyclic) bond motifs is 1. The Morgan fingerprint density at radius 2 is 1.83 bits per heavy atom. The predicted octanol–water partition coefficient (Wildman–Crippen LogP) is 5.01. The van der Waals surface area contributed by atoms with Gasteiger partial charge >= 0.3 is 0 Å². The summed E-state index contributed by atoms with van der Waals surface area (Å²) in [6.45, 7) is 0.106. The molecular weight excluding hydrogens is 387 g/mol. The van der Waals surface area contributed by atoms with Gasteiger partial charge in [-0.25, -0.2) is 4.39 Å². The van der Waals surface area contributed by atoms with Crippen LogP contribution in [-0.2, 0) is 6.54 Å². The number of rotatable bonds is 4. The molecule has 0 aliphatic rings. The van der Waals surface area contributed by atoms with Crippen LogP contribution >= 0.6 is 11.3 Å². The molecule has 0 aliphatic carbocycles. The summed E-state index contributed by atoms with van der Waals surface area (Å²) >= 11 is 1.21. The highest BCUT2D eigenvalue weighted by atomic mass is 32.1. The molecule has 0 aliphatic heterocycles. The minimum Gasteiger partial charge on any atom is -0.457 e. The lowest BCUT2D eigenvalue weighted by Gasteiger charge is -2.08.